The van der Waals surface area contributed by atoms with Crippen molar-refractivity contribution < 1.29 is 23.9 Å². The molecule has 63 heavy (non-hydrogen) atoms. The van der Waals surface area contributed by atoms with Crippen molar-refractivity contribution >= 4 is 65.7 Å². The average Bonchev–Trinajstić information content (AvgIpc) is 4.13. The summed E-state index contributed by atoms with van der Waals surface area (Å²) in [6.07, 6.45) is 0. The molecule has 13 rings (SSSR count). The minimum atomic E-state index is -0.575. The van der Waals surface area contributed by atoms with Gasteiger partial charge in [0.25, 0.3) is 0 Å². The maximum absolute atomic E-state index is 9.96. The second-order valence-corrected chi connectivity index (χ2v) is 15.1. The summed E-state index contributed by atoms with van der Waals surface area (Å²) in [5.41, 5.74) is 5.59. The van der Waals surface area contributed by atoms with Gasteiger partial charge in [0.15, 0.2) is 17.5 Å². The van der Waals surface area contributed by atoms with Crippen molar-refractivity contribution in [2.75, 3.05) is 0 Å². The normalized spacial score (nSPS) is 14.3. The van der Waals surface area contributed by atoms with Crippen LogP contribution >= 0.6 is 0 Å². The molecule has 0 saturated carbocycles. The van der Waals surface area contributed by atoms with E-state index in [9.17, 15) is 5.48 Å². The van der Waals surface area contributed by atoms with Gasteiger partial charge in [0.05, 0.1) is 26.1 Å². The molecule has 9 aromatic carbocycles. The number of para-hydroxylation sites is 2. The highest BCUT2D eigenvalue weighted by Crippen LogP contribution is 2.40. The number of hydrogen-bond donors (Lipinski definition) is 0. The summed E-state index contributed by atoms with van der Waals surface area (Å²) < 4.78 is 114. The van der Waals surface area contributed by atoms with E-state index in [1.807, 2.05) is 84.9 Å². The SMILES string of the molecule is [2H]c1c(-n2c3c([2H])cccc3c3c([2H])c([2H])c([2H])c([2H])c32)c([2H])c2c(oc3c([2H])c([2H])c([2H])c(-c4nc(-c5ccccc5)nc(-c5ccc6c(c5)oc5ccc(-c7cccc(-c8ccccc8)c7)cc56)n4)c32)c1[2H]. The number of rotatable bonds is 6. The molecule has 0 radical (unpaired) electrons. The summed E-state index contributed by atoms with van der Waals surface area (Å²) in [6.45, 7) is 0. The van der Waals surface area contributed by atoms with Crippen LogP contribution in [-0.4, -0.2) is 19.5 Å². The number of aromatic nitrogens is 4. The fraction of sp³-hybridized carbons (Fsp3) is 0. The summed E-state index contributed by atoms with van der Waals surface area (Å²) >= 11 is 0. The molecule has 0 aliphatic heterocycles. The molecule has 4 heterocycles. The van der Waals surface area contributed by atoms with Crippen LogP contribution in [0, 0.1) is 0 Å². The van der Waals surface area contributed by atoms with Crippen LogP contribution in [-0.2, 0) is 0 Å². The fourth-order valence-corrected chi connectivity index (χ4v) is 8.48. The summed E-state index contributed by atoms with van der Waals surface area (Å²) in [6, 6.07) is 38.8. The van der Waals surface area contributed by atoms with Crippen LogP contribution in [0.5, 0.6) is 0 Å². The first-order valence-corrected chi connectivity index (χ1v) is 20.2. The minimum Gasteiger partial charge on any atom is -0.456 e. The van der Waals surface area contributed by atoms with Gasteiger partial charge in [0.2, 0.25) is 0 Å². The van der Waals surface area contributed by atoms with Crippen LogP contribution < -0.4 is 0 Å². The minimum absolute atomic E-state index is 0.0607. The van der Waals surface area contributed by atoms with Gasteiger partial charge >= 0.3 is 0 Å². The van der Waals surface area contributed by atoms with E-state index in [-0.39, 0.29) is 84.6 Å². The van der Waals surface area contributed by atoms with Gasteiger partial charge in [-0.05, 0) is 88.8 Å². The lowest BCUT2D eigenvalue weighted by atomic mass is 9.98. The molecule has 6 nitrogen and oxygen atoms in total. The molecule has 0 bridgehead atoms. The molecule has 0 N–H and O–H groups in total. The smallest absolute Gasteiger partial charge is 0.164 e. The van der Waals surface area contributed by atoms with E-state index in [2.05, 4.69) is 36.4 Å². The second-order valence-electron chi connectivity index (χ2n) is 15.1. The van der Waals surface area contributed by atoms with Crippen molar-refractivity contribution in [3.05, 3.63) is 206 Å². The Bertz CT molecular complexity index is 4570. The third kappa shape index (κ3) is 5.76. The molecule has 294 valence electrons. The van der Waals surface area contributed by atoms with Crippen LogP contribution in [0.3, 0.4) is 0 Å². The number of nitrogens with zero attached hydrogens (tertiary/aromatic N) is 4. The van der Waals surface area contributed by atoms with Gasteiger partial charge < -0.3 is 13.4 Å². The number of benzene rings is 9. The highest BCUT2D eigenvalue weighted by Gasteiger charge is 2.20. The van der Waals surface area contributed by atoms with Crippen LogP contribution in [0.1, 0.15) is 15.1 Å². The van der Waals surface area contributed by atoms with Gasteiger partial charge in [-0.3, -0.25) is 0 Å². The van der Waals surface area contributed by atoms with Crippen molar-refractivity contribution in [1.82, 2.24) is 19.5 Å². The Balaban J connectivity index is 1.04. The molecule has 13 aromatic rings. The standard InChI is InChI=1S/C57H34N4O2/c1-3-13-35(14-4-1)37-17-11-18-38(31-37)39-26-29-50-46(32-39)44-28-25-40(33-53(44)63-50)56-58-55(36-15-5-2-6-16-36)59-57(60-56)45-21-12-24-52-54(45)47-34-41(27-30-51(47)62-52)61-48-22-9-7-19-42(48)43-20-8-10-23-49(43)61/h1-34H/i7D,9D,12D,19D,21D,22D,23D,24D,27D,30D,34D. The summed E-state index contributed by atoms with van der Waals surface area (Å²) in [4.78, 5) is 14.8. The lowest BCUT2D eigenvalue weighted by Gasteiger charge is -2.10. The molecule has 0 fully saturated rings. The Hall–Kier alpha value is -8.61. The first kappa shape index (κ1) is 25.9. The molecule has 6 heteroatoms. The summed E-state index contributed by atoms with van der Waals surface area (Å²) in [7, 11) is 0. The maximum atomic E-state index is 9.96. The molecular weight excluding hydrogens is 773 g/mol. The molecule has 0 atom stereocenters. The van der Waals surface area contributed by atoms with Crippen molar-refractivity contribution in [3.8, 4) is 62.1 Å². The molecule has 4 aromatic heterocycles. The Morgan fingerprint density at radius 3 is 1.95 bits per heavy atom. The van der Waals surface area contributed by atoms with Crippen molar-refractivity contribution in [3.63, 3.8) is 0 Å². The average molecular weight is 818 g/mol. The monoisotopic (exact) mass is 817 g/mol. The van der Waals surface area contributed by atoms with Gasteiger partial charge in [-0.2, -0.15) is 0 Å². The zero-order valence-corrected chi connectivity index (χ0v) is 32.9. The third-order valence-electron chi connectivity index (χ3n) is 11.4. The van der Waals surface area contributed by atoms with E-state index < -0.39 is 54.4 Å². The van der Waals surface area contributed by atoms with E-state index in [0.29, 0.717) is 22.3 Å². The number of hydrogen-bond acceptors (Lipinski definition) is 5. The summed E-state index contributed by atoms with van der Waals surface area (Å²) in [5.74, 6) is 0.248. The first-order valence-electron chi connectivity index (χ1n) is 25.7. The Morgan fingerprint density at radius 2 is 1.08 bits per heavy atom. The van der Waals surface area contributed by atoms with E-state index in [0.717, 1.165) is 33.0 Å². The predicted molar refractivity (Wildman–Crippen MR) is 256 cm³/mol. The van der Waals surface area contributed by atoms with E-state index in [1.54, 1.807) is 12.1 Å². The molecule has 0 amide bonds. The second kappa shape index (κ2) is 14.0. The first-order chi connectivity index (χ1) is 35.8. The molecule has 0 spiro atoms. The Labute approximate surface area is 376 Å². The highest BCUT2D eigenvalue weighted by molar-refractivity contribution is 6.14. The van der Waals surface area contributed by atoms with Gasteiger partial charge in [-0.15, -0.1) is 0 Å². The van der Waals surface area contributed by atoms with Crippen molar-refractivity contribution in [2.24, 2.45) is 0 Å². The van der Waals surface area contributed by atoms with Gasteiger partial charge in [-0.1, -0.05) is 139 Å². The Kier molecular flexibility index (Phi) is 5.74. The number of fused-ring (bicyclic) bond motifs is 9. The largest absolute Gasteiger partial charge is 0.456 e. The molecule has 0 aliphatic carbocycles. The third-order valence-corrected chi connectivity index (χ3v) is 11.4. The van der Waals surface area contributed by atoms with Crippen molar-refractivity contribution in [2.45, 2.75) is 0 Å². The van der Waals surface area contributed by atoms with Crippen LogP contribution in [0.25, 0.3) is 128 Å². The molecule has 0 saturated heterocycles. The van der Waals surface area contributed by atoms with Gasteiger partial charge in [-0.25, -0.2) is 15.0 Å². The van der Waals surface area contributed by atoms with E-state index in [4.69, 9.17) is 33.4 Å². The van der Waals surface area contributed by atoms with Gasteiger partial charge in [0, 0.05) is 54.7 Å². The predicted octanol–water partition coefficient (Wildman–Crippen LogP) is 15.1. The zero-order valence-electron chi connectivity index (χ0n) is 43.9. The number of furan rings is 2. The fourth-order valence-electron chi connectivity index (χ4n) is 8.48. The van der Waals surface area contributed by atoms with Crippen molar-refractivity contribution in [1.29, 1.82) is 0 Å². The lowest BCUT2D eigenvalue weighted by Crippen LogP contribution is -2.00. The topological polar surface area (TPSA) is 69.9 Å². The molecular formula is C57H34N4O2. The zero-order chi connectivity index (χ0) is 51.0. The van der Waals surface area contributed by atoms with E-state index >= 15 is 0 Å². The molecule has 0 unspecified atom stereocenters. The molecule has 0 aliphatic rings. The van der Waals surface area contributed by atoms with Gasteiger partial charge in [0.1, 0.15) is 22.3 Å². The highest BCUT2D eigenvalue weighted by atomic mass is 16.3. The van der Waals surface area contributed by atoms with E-state index in [1.165, 1.54) is 10.6 Å². The lowest BCUT2D eigenvalue weighted by molar-refractivity contribution is 0.668. The summed E-state index contributed by atoms with van der Waals surface area (Å²) in [5, 5.41) is 1.88. The quantitative estimate of drug-likeness (QED) is 0.167. The Morgan fingerprint density at radius 1 is 0.381 bits per heavy atom. The van der Waals surface area contributed by atoms with Crippen LogP contribution in [0.15, 0.2) is 215 Å². The van der Waals surface area contributed by atoms with Crippen LogP contribution in [0.4, 0.5) is 0 Å². The van der Waals surface area contributed by atoms with Crippen LogP contribution in [0.2, 0.25) is 0 Å². The maximum Gasteiger partial charge on any atom is 0.164 e.